The molecule has 0 fully saturated rings. The molecule has 2 rings (SSSR count). The van der Waals surface area contributed by atoms with Gasteiger partial charge >= 0.3 is 0 Å². The molecule has 1 aromatic heterocycles. The van der Waals surface area contributed by atoms with Crippen molar-refractivity contribution in [3.63, 3.8) is 0 Å². The molecule has 24 heavy (non-hydrogen) atoms. The first kappa shape index (κ1) is 19.1. The van der Waals surface area contributed by atoms with Gasteiger partial charge in [-0.25, -0.2) is 4.98 Å². The Balaban J connectivity index is 2.47. The SMILES string of the molecule is CCCC(CC)c1nc(-c2ccc(Cl)cc2)[nH]c1C(CC)CCC. The number of aromatic nitrogens is 2. The van der Waals surface area contributed by atoms with Gasteiger partial charge in [-0.1, -0.05) is 52.1 Å². The van der Waals surface area contributed by atoms with Gasteiger partial charge in [0.1, 0.15) is 5.82 Å². The van der Waals surface area contributed by atoms with E-state index in [-0.39, 0.29) is 0 Å². The summed E-state index contributed by atoms with van der Waals surface area (Å²) >= 11 is 6.03. The molecule has 0 aliphatic carbocycles. The number of nitrogens with zero attached hydrogens (tertiary/aromatic N) is 1. The number of imidazole rings is 1. The molecule has 2 aromatic rings. The van der Waals surface area contributed by atoms with Crippen molar-refractivity contribution in [2.24, 2.45) is 0 Å². The number of hydrogen-bond acceptors (Lipinski definition) is 1. The van der Waals surface area contributed by atoms with E-state index in [2.05, 4.69) is 44.8 Å². The van der Waals surface area contributed by atoms with Crippen LogP contribution in [0.25, 0.3) is 11.4 Å². The molecule has 0 aliphatic heterocycles. The number of H-pyrrole nitrogens is 1. The molecule has 2 atom stereocenters. The minimum Gasteiger partial charge on any atom is -0.341 e. The molecule has 0 amide bonds. The molecule has 1 aromatic carbocycles. The van der Waals surface area contributed by atoms with Gasteiger partial charge in [0.25, 0.3) is 0 Å². The van der Waals surface area contributed by atoms with Crippen molar-refractivity contribution in [1.29, 1.82) is 0 Å². The van der Waals surface area contributed by atoms with E-state index in [1.165, 1.54) is 37.1 Å². The summed E-state index contributed by atoms with van der Waals surface area (Å²) in [5.74, 6) is 2.11. The van der Waals surface area contributed by atoms with Gasteiger partial charge in [0.2, 0.25) is 0 Å². The minimum atomic E-state index is 0.549. The van der Waals surface area contributed by atoms with Crippen LogP contribution < -0.4 is 0 Å². The van der Waals surface area contributed by atoms with Crippen LogP contribution in [0.2, 0.25) is 5.02 Å². The molecule has 0 aliphatic rings. The number of benzene rings is 1. The van der Waals surface area contributed by atoms with Crippen molar-refractivity contribution in [1.82, 2.24) is 9.97 Å². The van der Waals surface area contributed by atoms with E-state index in [0.29, 0.717) is 11.8 Å². The Labute approximate surface area is 152 Å². The third-order valence-corrected chi connectivity index (χ3v) is 5.19. The predicted octanol–water partition coefficient (Wildman–Crippen LogP) is 7.32. The van der Waals surface area contributed by atoms with Crippen LogP contribution in [0.5, 0.6) is 0 Å². The third-order valence-electron chi connectivity index (χ3n) is 4.93. The van der Waals surface area contributed by atoms with Gasteiger partial charge < -0.3 is 4.98 Å². The Bertz CT molecular complexity index is 584. The molecule has 0 saturated carbocycles. The lowest BCUT2D eigenvalue weighted by Crippen LogP contribution is -2.06. The molecule has 2 nitrogen and oxygen atoms in total. The van der Waals surface area contributed by atoms with Gasteiger partial charge in [-0.15, -0.1) is 0 Å². The number of rotatable bonds is 9. The van der Waals surface area contributed by atoms with E-state index in [0.717, 1.165) is 29.3 Å². The fourth-order valence-electron chi connectivity index (χ4n) is 3.55. The van der Waals surface area contributed by atoms with Gasteiger partial charge in [-0.05, 0) is 49.9 Å². The van der Waals surface area contributed by atoms with Gasteiger partial charge in [-0.2, -0.15) is 0 Å². The topological polar surface area (TPSA) is 28.7 Å². The van der Waals surface area contributed by atoms with Crippen molar-refractivity contribution >= 4 is 11.6 Å². The van der Waals surface area contributed by atoms with Crippen molar-refractivity contribution in [3.05, 3.63) is 40.7 Å². The average Bonchev–Trinajstić information content (AvgIpc) is 3.03. The maximum atomic E-state index is 6.03. The molecule has 1 N–H and O–H groups in total. The smallest absolute Gasteiger partial charge is 0.137 e. The maximum absolute atomic E-state index is 6.03. The van der Waals surface area contributed by atoms with E-state index < -0.39 is 0 Å². The fraction of sp³-hybridized carbons (Fsp3) is 0.571. The highest BCUT2D eigenvalue weighted by molar-refractivity contribution is 6.30. The summed E-state index contributed by atoms with van der Waals surface area (Å²) in [5.41, 5.74) is 3.78. The number of nitrogens with one attached hydrogen (secondary N) is 1. The molecule has 0 radical (unpaired) electrons. The normalized spacial score (nSPS) is 13.9. The molecule has 2 unspecified atom stereocenters. The Morgan fingerprint density at radius 3 is 2.04 bits per heavy atom. The highest BCUT2D eigenvalue weighted by Crippen LogP contribution is 2.35. The van der Waals surface area contributed by atoms with Gasteiger partial charge in [0.15, 0.2) is 0 Å². The Morgan fingerprint density at radius 2 is 1.50 bits per heavy atom. The molecule has 0 saturated heterocycles. The summed E-state index contributed by atoms with van der Waals surface area (Å²) < 4.78 is 0. The lowest BCUT2D eigenvalue weighted by Gasteiger charge is -2.18. The molecule has 0 bridgehead atoms. The Morgan fingerprint density at radius 1 is 0.917 bits per heavy atom. The van der Waals surface area contributed by atoms with E-state index in [9.17, 15) is 0 Å². The highest BCUT2D eigenvalue weighted by atomic mass is 35.5. The molecular formula is C21H31ClN2. The first-order valence-electron chi connectivity index (χ1n) is 9.50. The summed E-state index contributed by atoms with van der Waals surface area (Å²) in [6.45, 7) is 9.09. The highest BCUT2D eigenvalue weighted by Gasteiger charge is 2.23. The number of aromatic amines is 1. The second-order valence-electron chi connectivity index (χ2n) is 6.68. The van der Waals surface area contributed by atoms with Crippen molar-refractivity contribution in [3.8, 4) is 11.4 Å². The van der Waals surface area contributed by atoms with Crippen molar-refractivity contribution in [2.75, 3.05) is 0 Å². The number of halogens is 1. The molecule has 3 heteroatoms. The third kappa shape index (κ3) is 4.42. The zero-order valence-electron chi connectivity index (χ0n) is 15.5. The summed E-state index contributed by atoms with van der Waals surface area (Å²) in [6, 6.07) is 7.98. The Hall–Kier alpha value is -1.28. The minimum absolute atomic E-state index is 0.549. The van der Waals surface area contributed by atoms with Crippen LogP contribution in [-0.2, 0) is 0 Å². The first-order valence-corrected chi connectivity index (χ1v) is 9.87. The van der Waals surface area contributed by atoms with E-state index in [1.54, 1.807) is 0 Å². The summed E-state index contributed by atoms with van der Waals surface area (Å²) in [7, 11) is 0. The number of hydrogen-bond donors (Lipinski definition) is 1. The van der Waals surface area contributed by atoms with Crippen LogP contribution in [0.4, 0.5) is 0 Å². The second kappa shape index (κ2) is 9.27. The summed E-state index contributed by atoms with van der Waals surface area (Å²) in [5, 5.41) is 0.764. The maximum Gasteiger partial charge on any atom is 0.137 e. The van der Waals surface area contributed by atoms with Gasteiger partial charge in [0, 0.05) is 28.1 Å². The zero-order chi connectivity index (χ0) is 17.5. The van der Waals surface area contributed by atoms with Crippen LogP contribution in [-0.4, -0.2) is 9.97 Å². The van der Waals surface area contributed by atoms with Crippen molar-refractivity contribution in [2.45, 2.75) is 78.1 Å². The standard InChI is InChI=1S/C21H31ClN2/c1-5-9-15(7-3)19-20(16(8-4)10-6-2)24-21(23-19)17-11-13-18(22)14-12-17/h11-16H,5-10H2,1-4H3,(H,23,24). The zero-order valence-corrected chi connectivity index (χ0v) is 16.3. The lowest BCUT2D eigenvalue weighted by atomic mass is 9.88. The largest absolute Gasteiger partial charge is 0.341 e. The lowest BCUT2D eigenvalue weighted by molar-refractivity contribution is 0.541. The molecule has 132 valence electrons. The van der Waals surface area contributed by atoms with Crippen LogP contribution in [0, 0.1) is 0 Å². The monoisotopic (exact) mass is 346 g/mol. The first-order chi connectivity index (χ1) is 11.6. The Kier molecular flexibility index (Phi) is 7.36. The van der Waals surface area contributed by atoms with Gasteiger partial charge in [-0.3, -0.25) is 0 Å². The van der Waals surface area contributed by atoms with E-state index in [1.807, 2.05) is 12.1 Å². The van der Waals surface area contributed by atoms with E-state index in [4.69, 9.17) is 16.6 Å². The van der Waals surface area contributed by atoms with Crippen LogP contribution in [0.15, 0.2) is 24.3 Å². The second-order valence-corrected chi connectivity index (χ2v) is 7.12. The molecular weight excluding hydrogens is 316 g/mol. The van der Waals surface area contributed by atoms with Crippen LogP contribution in [0.1, 0.15) is 89.4 Å². The quantitative estimate of drug-likeness (QED) is 0.506. The molecule has 0 spiro atoms. The van der Waals surface area contributed by atoms with Crippen LogP contribution in [0.3, 0.4) is 0 Å². The molecule has 1 heterocycles. The average molecular weight is 347 g/mol. The van der Waals surface area contributed by atoms with Crippen LogP contribution >= 0.6 is 11.6 Å². The van der Waals surface area contributed by atoms with Gasteiger partial charge in [0.05, 0.1) is 5.69 Å². The fourth-order valence-corrected chi connectivity index (χ4v) is 3.68. The predicted molar refractivity (Wildman–Crippen MR) is 105 cm³/mol. The summed E-state index contributed by atoms with van der Waals surface area (Å²) in [4.78, 5) is 8.72. The summed E-state index contributed by atoms with van der Waals surface area (Å²) in [6.07, 6.45) is 7.13. The van der Waals surface area contributed by atoms with Crippen molar-refractivity contribution < 1.29 is 0 Å². The van der Waals surface area contributed by atoms with E-state index >= 15 is 0 Å².